The van der Waals surface area contributed by atoms with Gasteiger partial charge in [-0.05, 0) is 42.9 Å². The zero-order valence-electron chi connectivity index (χ0n) is 13.2. The molecule has 0 N–H and O–H groups in total. The predicted octanol–water partition coefficient (Wildman–Crippen LogP) is 3.88. The number of hydrogen-bond donors (Lipinski definition) is 0. The second-order valence-corrected chi connectivity index (χ2v) is 6.90. The van der Waals surface area contributed by atoms with Crippen LogP contribution in [-0.4, -0.2) is 15.9 Å². The quantitative estimate of drug-likeness (QED) is 0.682. The molecule has 120 valence electrons. The summed E-state index contributed by atoms with van der Waals surface area (Å²) in [7, 11) is 0. The smallest absolute Gasteiger partial charge is 0.267 e. The molecule has 0 spiro atoms. The average Bonchev–Trinajstić information content (AvgIpc) is 3.00. The zero-order valence-corrected chi connectivity index (χ0v) is 14.0. The van der Waals surface area contributed by atoms with E-state index in [-0.39, 0.29) is 5.56 Å². The third kappa shape index (κ3) is 2.83. The normalized spacial score (nSPS) is 14.7. The van der Waals surface area contributed by atoms with Gasteiger partial charge in [-0.3, -0.25) is 4.79 Å². The summed E-state index contributed by atoms with van der Waals surface area (Å²) in [6.45, 7) is 0. The van der Waals surface area contributed by atoms with Crippen molar-refractivity contribution in [2.75, 3.05) is 0 Å². The third-order valence-corrected chi connectivity index (χ3v) is 5.42. The van der Waals surface area contributed by atoms with Crippen molar-refractivity contribution >= 4 is 33.8 Å². The summed E-state index contributed by atoms with van der Waals surface area (Å²) in [6.07, 6.45) is 11.3. The number of benzene rings is 1. The Labute approximate surface area is 143 Å². The first kappa shape index (κ1) is 15.0. The van der Waals surface area contributed by atoms with E-state index in [1.54, 1.807) is 17.6 Å². The molecule has 0 fully saturated rings. The molecule has 0 unspecified atom stereocenters. The number of aryl methyl sites for hydroxylation is 2. The van der Waals surface area contributed by atoms with Crippen LogP contribution in [0.15, 0.2) is 52.6 Å². The van der Waals surface area contributed by atoms with Crippen LogP contribution in [0.5, 0.6) is 0 Å². The SMILES string of the molecule is O=c1c2c3c(sc2ncn1N=CC=Cc1ccccc1)CCCC3. The molecule has 1 aliphatic carbocycles. The summed E-state index contributed by atoms with van der Waals surface area (Å²) >= 11 is 1.66. The minimum atomic E-state index is -0.0660. The molecule has 0 saturated carbocycles. The molecule has 3 aromatic rings. The van der Waals surface area contributed by atoms with E-state index in [2.05, 4.69) is 10.1 Å². The number of aromatic nitrogens is 2. The minimum absolute atomic E-state index is 0.0660. The Kier molecular flexibility index (Phi) is 4.09. The average molecular weight is 335 g/mol. The molecule has 0 saturated heterocycles. The first-order valence-electron chi connectivity index (χ1n) is 8.11. The van der Waals surface area contributed by atoms with Gasteiger partial charge in [-0.2, -0.15) is 9.78 Å². The molecule has 0 amide bonds. The van der Waals surface area contributed by atoms with Crippen LogP contribution in [0, 0.1) is 0 Å². The number of thiophene rings is 1. The number of hydrogen-bond acceptors (Lipinski definition) is 4. The number of rotatable bonds is 3. The van der Waals surface area contributed by atoms with E-state index in [1.165, 1.54) is 27.9 Å². The van der Waals surface area contributed by atoms with Crippen LogP contribution >= 0.6 is 11.3 Å². The fourth-order valence-corrected chi connectivity index (χ4v) is 4.27. The summed E-state index contributed by atoms with van der Waals surface area (Å²) in [5.74, 6) is 0. The Balaban J connectivity index is 1.65. The molecule has 0 atom stereocenters. The Morgan fingerprint density at radius 3 is 2.88 bits per heavy atom. The summed E-state index contributed by atoms with van der Waals surface area (Å²) in [4.78, 5) is 19.3. The second kappa shape index (κ2) is 6.53. The zero-order chi connectivity index (χ0) is 16.4. The van der Waals surface area contributed by atoms with E-state index < -0.39 is 0 Å². The fraction of sp³-hybridized carbons (Fsp3) is 0.211. The Morgan fingerprint density at radius 1 is 1.17 bits per heavy atom. The molecule has 4 nitrogen and oxygen atoms in total. The Hall–Kier alpha value is -2.53. The van der Waals surface area contributed by atoms with Crippen LogP contribution in [0.4, 0.5) is 0 Å². The lowest BCUT2D eigenvalue weighted by atomic mass is 9.97. The molecule has 2 heterocycles. The van der Waals surface area contributed by atoms with Gasteiger partial charge < -0.3 is 0 Å². The van der Waals surface area contributed by atoms with Gasteiger partial charge in [0.15, 0.2) is 0 Å². The Bertz CT molecular complexity index is 983. The van der Waals surface area contributed by atoms with Gasteiger partial charge in [0.1, 0.15) is 11.2 Å². The number of fused-ring (bicyclic) bond motifs is 3. The third-order valence-electron chi connectivity index (χ3n) is 4.22. The highest BCUT2D eigenvalue weighted by molar-refractivity contribution is 7.18. The standard InChI is InChI=1S/C19H17N3OS/c23-19-17-15-10-4-5-11-16(15)24-18(17)20-13-22(19)21-12-6-9-14-7-2-1-3-8-14/h1-3,6-9,12-13H,4-5,10-11H2. The van der Waals surface area contributed by atoms with Gasteiger partial charge in [0, 0.05) is 11.1 Å². The van der Waals surface area contributed by atoms with Gasteiger partial charge in [0.2, 0.25) is 0 Å². The van der Waals surface area contributed by atoms with Crippen LogP contribution in [0.3, 0.4) is 0 Å². The van der Waals surface area contributed by atoms with E-state index in [0.29, 0.717) is 0 Å². The van der Waals surface area contributed by atoms with Crippen molar-refractivity contribution in [2.24, 2.45) is 5.10 Å². The van der Waals surface area contributed by atoms with Gasteiger partial charge in [-0.15, -0.1) is 11.3 Å². The molecular formula is C19H17N3OS. The van der Waals surface area contributed by atoms with E-state index in [9.17, 15) is 4.79 Å². The van der Waals surface area contributed by atoms with Crippen molar-refractivity contribution in [3.63, 3.8) is 0 Å². The highest BCUT2D eigenvalue weighted by Gasteiger charge is 2.19. The summed E-state index contributed by atoms with van der Waals surface area (Å²) in [5, 5.41) is 5.00. The van der Waals surface area contributed by atoms with E-state index in [0.717, 1.165) is 35.0 Å². The maximum Gasteiger partial charge on any atom is 0.282 e. The lowest BCUT2D eigenvalue weighted by Crippen LogP contribution is -2.17. The van der Waals surface area contributed by atoms with Crippen molar-refractivity contribution in [1.82, 2.24) is 9.66 Å². The van der Waals surface area contributed by atoms with Gasteiger partial charge in [-0.1, -0.05) is 36.4 Å². The van der Waals surface area contributed by atoms with E-state index in [4.69, 9.17) is 0 Å². The van der Waals surface area contributed by atoms with E-state index in [1.807, 2.05) is 42.5 Å². The van der Waals surface area contributed by atoms with E-state index >= 15 is 0 Å². The maximum absolute atomic E-state index is 12.7. The van der Waals surface area contributed by atoms with Crippen molar-refractivity contribution in [3.8, 4) is 0 Å². The monoisotopic (exact) mass is 335 g/mol. The maximum atomic E-state index is 12.7. The van der Waals surface area contributed by atoms with Crippen molar-refractivity contribution in [2.45, 2.75) is 25.7 Å². The van der Waals surface area contributed by atoms with Gasteiger partial charge in [0.05, 0.1) is 5.39 Å². The van der Waals surface area contributed by atoms with Crippen molar-refractivity contribution in [3.05, 3.63) is 69.1 Å². The molecule has 5 heteroatoms. The molecular weight excluding hydrogens is 318 g/mol. The van der Waals surface area contributed by atoms with Crippen LogP contribution in [0.25, 0.3) is 16.3 Å². The first-order valence-corrected chi connectivity index (χ1v) is 8.92. The lowest BCUT2D eigenvalue weighted by Gasteiger charge is -2.09. The van der Waals surface area contributed by atoms with Crippen LogP contribution in [0.1, 0.15) is 28.8 Å². The van der Waals surface area contributed by atoms with Gasteiger partial charge in [0.25, 0.3) is 5.56 Å². The molecule has 0 radical (unpaired) electrons. The summed E-state index contributed by atoms with van der Waals surface area (Å²) < 4.78 is 1.33. The number of allylic oxidation sites excluding steroid dienone is 1. The lowest BCUT2D eigenvalue weighted by molar-refractivity contribution is 0.699. The summed E-state index contributed by atoms with van der Waals surface area (Å²) in [5.41, 5.74) is 2.23. The molecule has 0 aliphatic heterocycles. The van der Waals surface area contributed by atoms with Gasteiger partial charge in [-0.25, -0.2) is 4.98 Å². The van der Waals surface area contributed by atoms with Crippen LogP contribution in [0.2, 0.25) is 0 Å². The van der Waals surface area contributed by atoms with Crippen LogP contribution < -0.4 is 5.56 Å². The largest absolute Gasteiger partial charge is 0.282 e. The molecule has 1 aliphatic rings. The second-order valence-electron chi connectivity index (χ2n) is 5.82. The summed E-state index contributed by atoms with van der Waals surface area (Å²) in [6, 6.07) is 9.98. The first-order chi connectivity index (χ1) is 11.8. The molecule has 1 aromatic carbocycles. The molecule has 24 heavy (non-hydrogen) atoms. The van der Waals surface area contributed by atoms with Crippen molar-refractivity contribution < 1.29 is 0 Å². The highest BCUT2D eigenvalue weighted by Crippen LogP contribution is 2.33. The predicted molar refractivity (Wildman–Crippen MR) is 99.9 cm³/mol. The highest BCUT2D eigenvalue weighted by atomic mass is 32.1. The molecule has 0 bridgehead atoms. The molecule has 4 rings (SSSR count). The number of nitrogens with zero attached hydrogens (tertiary/aromatic N) is 3. The van der Waals surface area contributed by atoms with Crippen molar-refractivity contribution in [1.29, 1.82) is 0 Å². The Morgan fingerprint density at radius 2 is 2.00 bits per heavy atom. The topological polar surface area (TPSA) is 47.2 Å². The fourth-order valence-electron chi connectivity index (χ4n) is 3.05. The van der Waals surface area contributed by atoms with Gasteiger partial charge >= 0.3 is 0 Å². The van der Waals surface area contributed by atoms with Crippen LogP contribution in [-0.2, 0) is 12.8 Å². The minimum Gasteiger partial charge on any atom is -0.267 e. The molecule has 2 aromatic heterocycles.